The topological polar surface area (TPSA) is 86.8 Å². The largest absolute Gasteiger partial charge is 0.354 e. The molecule has 46 heavy (non-hydrogen) atoms. The van der Waals surface area contributed by atoms with E-state index in [9.17, 15) is 18.0 Å². The van der Waals surface area contributed by atoms with Crippen molar-refractivity contribution in [3.8, 4) is 0 Å². The van der Waals surface area contributed by atoms with Crippen LogP contribution < -0.4 is 9.62 Å². The fourth-order valence-corrected chi connectivity index (χ4v) is 6.75. The maximum absolute atomic E-state index is 14.6. The molecule has 9 heteroatoms. The fraction of sp³-hybridized carbons (Fsp3) is 0.297. The van der Waals surface area contributed by atoms with Gasteiger partial charge in [0.25, 0.3) is 10.0 Å². The van der Waals surface area contributed by atoms with Crippen LogP contribution in [-0.2, 0) is 32.6 Å². The highest BCUT2D eigenvalue weighted by Gasteiger charge is 2.34. The zero-order chi connectivity index (χ0) is 33.3. The molecule has 242 valence electrons. The molecule has 0 spiro atoms. The second-order valence-electron chi connectivity index (χ2n) is 11.6. The van der Waals surface area contributed by atoms with E-state index in [-0.39, 0.29) is 29.5 Å². The monoisotopic (exact) mass is 659 g/mol. The van der Waals surface area contributed by atoms with E-state index in [2.05, 4.69) is 5.32 Å². The van der Waals surface area contributed by atoms with Gasteiger partial charge in [-0.1, -0.05) is 109 Å². The van der Waals surface area contributed by atoms with Gasteiger partial charge in [-0.3, -0.25) is 13.9 Å². The molecule has 0 saturated heterocycles. The lowest BCUT2D eigenvalue weighted by Crippen LogP contribution is -2.53. The molecule has 7 nitrogen and oxygen atoms in total. The maximum atomic E-state index is 14.6. The third kappa shape index (κ3) is 8.98. The molecular formula is C37H42ClN3O4S. The van der Waals surface area contributed by atoms with Crippen molar-refractivity contribution >= 4 is 39.1 Å². The van der Waals surface area contributed by atoms with Gasteiger partial charge < -0.3 is 10.2 Å². The number of benzene rings is 4. The summed E-state index contributed by atoms with van der Waals surface area (Å²) in [6.45, 7) is 7.77. The summed E-state index contributed by atoms with van der Waals surface area (Å²) < 4.78 is 29.5. The molecule has 0 aliphatic heterocycles. The van der Waals surface area contributed by atoms with Gasteiger partial charge in [0.05, 0.1) is 10.6 Å². The van der Waals surface area contributed by atoms with Crippen LogP contribution in [0.1, 0.15) is 47.6 Å². The van der Waals surface area contributed by atoms with Crippen molar-refractivity contribution < 1.29 is 18.0 Å². The van der Waals surface area contributed by atoms with E-state index in [0.717, 1.165) is 45.0 Å². The third-order valence-electron chi connectivity index (χ3n) is 7.87. The lowest BCUT2D eigenvalue weighted by molar-refractivity contribution is -0.140. The molecule has 0 heterocycles. The van der Waals surface area contributed by atoms with E-state index < -0.39 is 28.5 Å². The summed E-state index contributed by atoms with van der Waals surface area (Å²) in [5.41, 5.74) is 4.66. The molecule has 0 fully saturated rings. The highest BCUT2D eigenvalue weighted by atomic mass is 35.5. The summed E-state index contributed by atoms with van der Waals surface area (Å²) in [7, 11) is -4.20. The SMILES string of the molecule is CCCCNC(=O)C(Cc1ccccc1)N(Cc1cccc(C)c1)C(=O)CN(c1ccc(C)c(Cl)c1)S(=O)(=O)c1ccc(C)cc1. The number of hydrogen-bond acceptors (Lipinski definition) is 4. The Morgan fingerprint density at radius 2 is 1.52 bits per heavy atom. The Bertz CT molecular complexity index is 1740. The van der Waals surface area contributed by atoms with E-state index >= 15 is 0 Å². The van der Waals surface area contributed by atoms with Crippen molar-refractivity contribution in [1.82, 2.24) is 10.2 Å². The maximum Gasteiger partial charge on any atom is 0.264 e. The molecule has 0 radical (unpaired) electrons. The number of hydrogen-bond donors (Lipinski definition) is 1. The number of unbranched alkanes of at least 4 members (excludes halogenated alkanes) is 1. The van der Waals surface area contributed by atoms with E-state index in [1.54, 1.807) is 30.3 Å². The van der Waals surface area contributed by atoms with Gasteiger partial charge in [-0.2, -0.15) is 0 Å². The lowest BCUT2D eigenvalue weighted by atomic mass is 10.0. The summed E-state index contributed by atoms with van der Waals surface area (Å²) in [4.78, 5) is 30.0. The zero-order valence-corrected chi connectivity index (χ0v) is 28.4. The van der Waals surface area contributed by atoms with Crippen LogP contribution in [0, 0.1) is 20.8 Å². The highest BCUT2D eigenvalue weighted by molar-refractivity contribution is 7.92. The van der Waals surface area contributed by atoms with Gasteiger partial charge in [-0.05, 0) is 68.1 Å². The Kier molecular flexibility index (Phi) is 12.0. The highest BCUT2D eigenvalue weighted by Crippen LogP contribution is 2.29. The number of carbonyl (C=O) groups is 2. The van der Waals surface area contributed by atoms with Crippen LogP contribution in [0.25, 0.3) is 0 Å². The smallest absolute Gasteiger partial charge is 0.264 e. The molecule has 4 aromatic carbocycles. The second kappa shape index (κ2) is 15.9. The Morgan fingerprint density at radius 3 is 2.17 bits per heavy atom. The van der Waals surface area contributed by atoms with E-state index in [1.165, 1.54) is 17.0 Å². The predicted molar refractivity (Wildman–Crippen MR) is 185 cm³/mol. The van der Waals surface area contributed by atoms with Crippen molar-refractivity contribution in [1.29, 1.82) is 0 Å². The molecule has 4 aromatic rings. The van der Waals surface area contributed by atoms with Crippen molar-refractivity contribution in [2.75, 3.05) is 17.4 Å². The molecule has 1 N–H and O–H groups in total. The molecule has 0 aliphatic rings. The van der Waals surface area contributed by atoms with E-state index in [4.69, 9.17) is 11.6 Å². The van der Waals surface area contributed by atoms with Crippen LogP contribution >= 0.6 is 11.6 Å². The molecule has 1 unspecified atom stereocenters. The quantitative estimate of drug-likeness (QED) is 0.148. The van der Waals surface area contributed by atoms with Crippen LogP contribution in [0.5, 0.6) is 0 Å². The first-order chi connectivity index (χ1) is 22.0. The lowest BCUT2D eigenvalue weighted by Gasteiger charge is -2.34. The van der Waals surface area contributed by atoms with Gasteiger partial charge in [-0.15, -0.1) is 0 Å². The third-order valence-corrected chi connectivity index (χ3v) is 10.1. The molecule has 0 saturated carbocycles. The number of anilines is 1. The van der Waals surface area contributed by atoms with Gasteiger partial charge in [0, 0.05) is 24.5 Å². The molecule has 4 rings (SSSR count). The number of halogens is 1. The normalized spacial score (nSPS) is 11.9. The minimum Gasteiger partial charge on any atom is -0.354 e. The molecule has 0 aliphatic carbocycles. The minimum absolute atomic E-state index is 0.0472. The van der Waals surface area contributed by atoms with Gasteiger partial charge >= 0.3 is 0 Å². The number of nitrogens with zero attached hydrogens (tertiary/aromatic N) is 2. The van der Waals surface area contributed by atoms with Crippen molar-refractivity contribution in [3.63, 3.8) is 0 Å². The van der Waals surface area contributed by atoms with Gasteiger partial charge in [0.2, 0.25) is 11.8 Å². The predicted octanol–water partition coefficient (Wildman–Crippen LogP) is 7.02. The van der Waals surface area contributed by atoms with Crippen LogP contribution in [0.2, 0.25) is 5.02 Å². The van der Waals surface area contributed by atoms with E-state index in [0.29, 0.717) is 11.6 Å². The first-order valence-electron chi connectivity index (χ1n) is 15.5. The van der Waals surface area contributed by atoms with Crippen molar-refractivity contribution in [2.45, 2.75) is 64.4 Å². The van der Waals surface area contributed by atoms with Gasteiger partial charge in [0.1, 0.15) is 12.6 Å². The standard InChI is InChI=1S/C37H42ClN3O4S/c1-5-6-21-39-37(43)35(23-30-12-8-7-9-13-30)40(25-31-14-10-11-28(3)22-31)36(42)26-41(32-18-17-29(4)34(38)24-32)46(44,45)33-19-15-27(2)16-20-33/h7-20,22,24,35H,5-6,21,23,25-26H2,1-4H3,(H,39,43). The fourth-order valence-electron chi connectivity index (χ4n) is 5.17. The summed E-state index contributed by atoms with van der Waals surface area (Å²) in [5.74, 6) is -0.801. The number of sulfonamides is 1. The summed E-state index contributed by atoms with van der Waals surface area (Å²) in [5, 5.41) is 3.39. The van der Waals surface area contributed by atoms with Crippen LogP contribution in [0.15, 0.2) is 102 Å². The average Bonchev–Trinajstić information content (AvgIpc) is 3.03. The Balaban J connectivity index is 1.81. The average molecular weight is 660 g/mol. The Hall–Kier alpha value is -4.14. The Morgan fingerprint density at radius 1 is 0.826 bits per heavy atom. The van der Waals surface area contributed by atoms with Crippen LogP contribution in [-0.4, -0.2) is 44.3 Å². The Labute approximate surface area is 278 Å². The van der Waals surface area contributed by atoms with E-state index in [1.807, 2.05) is 82.3 Å². The first-order valence-corrected chi connectivity index (χ1v) is 17.3. The molecule has 1 atom stereocenters. The van der Waals surface area contributed by atoms with Gasteiger partial charge in [-0.25, -0.2) is 8.42 Å². The molecular weight excluding hydrogens is 618 g/mol. The van der Waals surface area contributed by atoms with Crippen LogP contribution in [0.3, 0.4) is 0 Å². The summed E-state index contributed by atoms with van der Waals surface area (Å²) in [6, 6.07) is 27.8. The number of rotatable bonds is 14. The number of amides is 2. The number of nitrogens with one attached hydrogen (secondary N) is 1. The van der Waals surface area contributed by atoms with Crippen molar-refractivity contribution in [2.24, 2.45) is 0 Å². The number of carbonyl (C=O) groups excluding carboxylic acids is 2. The van der Waals surface area contributed by atoms with Gasteiger partial charge in [0.15, 0.2) is 0 Å². The van der Waals surface area contributed by atoms with Crippen LogP contribution in [0.4, 0.5) is 5.69 Å². The summed E-state index contributed by atoms with van der Waals surface area (Å²) in [6.07, 6.45) is 1.96. The number of aryl methyl sites for hydroxylation is 3. The molecule has 0 bridgehead atoms. The molecule has 0 aromatic heterocycles. The zero-order valence-electron chi connectivity index (χ0n) is 26.9. The second-order valence-corrected chi connectivity index (χ2v) is 13.9. The van der Waals surface area contributed by atoms with Crippen molar-refractivity contribution in [3.05, 3.63) is 130 Å². The summed E-state index contributed by atoms with van der Waals surface area (Å²) >= 11 is 6.47. The first kappa shape index (κ1) is 34.7. The minimum atomic E-state index is -4.20. The molecule has 2 amide bonds.